The van der Waals surface area contributed by atoms with Crippen molar-refractivity contribution >= 4 is 37.2 Å². The fourth-order valence-corrected chi connectivity index (χ4v) is 7.40. The van der Waals surface area contributed by atoms with E-state index >= 15 is 0 Å². The van der Waals surface area contributed by atoms with Crippen LogP contribution in [0.2, 0.25) is 0 Å². The van der Waals surface area contributed by atoms with Gasteiger partial charge in [-0.25, -0.2) is 9.18 Å². The average Bonchev–Trinajstić information content (AvgIpc) is 3.39. The number of rotatable bonds is 31. The lowest BCUT2D eigenvalue weighted by atomic mass is 10.0. The Labute approximate surface area is 311 Å². The number of carbonyl (C=O) groups is 5. The van der Waals surface area contributed by atoms with Crippen LogP contribution in [0.1, 0.15) is 157 Å². The zero-order chi connectivity index (χ0) is 38.8. The van der Waals surface area contributed by atoms with Crippen LogP contribution < -0.4 is 10.6 Å². The lowest BCUT2D eigenvalue weighted by Gasteiger charge is -2.25. The van der Waals surface area contributed by atoms with Gasteiger partial charge in [0.05, 0.1) is 13.2 Å². The van der Waals surface area contributed by atoms with Crippen molar-refractivity contribution in [2.24, 2.45) is 0 Å². The molecule has 300 valence electrons. The SMILES string of the molecule is CCOP(=O)(OCC)C(F)CCCCCCCCCCCCCCCC(=O)NC(CNC(=O)CCCCCN1C(=O)C=CC1=O)C(=O)OC(C)(C)C. The number of halogens is 1. The van der Waals surface area contributed by atoms with Gasteiger partial charge in [0.1, 0.15) is 11.6 Å². The first-order valence-corrected chi connectivity index (χ1v) is 21.2. The van der Waals surface area contributed by atoms with Crippen LogP contribution in [0, 0.1) is 0 Å². The summed E-state index contributed by atoms with van der Waals surface area (Å²) in [5.41, 5.74) is -0.747. The number of carbonyl (C=O) groups excluding carboxylic acids is 5. The summed E-state index contributed by atoms with van der Waals surface area (Å²) in [4.78, 5) is 62.3. The smallest absolute Gasteiger partial charge is 0.364 e. The van der Waals surface area contributed by atoms with Crippen LogP contribution in [0.15, 0.2) is 12.2 Å². The van der Waals surface area contributed by atoms with E-state index < -0.39 is 31.1 Å². The second kappa shape index (κ2) is 27.0. The molecule has 2 N–H and O–H groups in total. The maximum Gasteiger partial charge on any atom is 0.364 e. The average molecular weight is 760 g/mol. The third-order valence-electron chi connectivity index (χ3n) is 8.52. The Balaban J connectivity index is 2.16. The number of nitrogens with zero attached hydrogens (tertiary/aromatic N) is 1. The van der Waals surface area contributed by atoms with Crippen molar-refractivity contribution in [1.29, 1.82) is 0 Å². The van der Waals surface area contributed by atoms with E-state index in [2.05, 4.69) is 10.6 Å². The van der Waals surface area contributed by atoms with Gasteiger partial charge in [-0.2, -0.15) is 0 Å². The molecular weight excluding hydrogens is 692 g/mol. The van der Waals surface area contributed by atoms with Gasteiger partial charge in [-0.1, -0.05) is 77.0 Å². The molecule has 4 amide bonds. The van der Waals surface area contributed by atoms with Crippen molar-refractivity contribution in [1.82, 2.24) is 15.5 Å². The third kappa shape index (κ3) is 21.8. The molecule has 14 heteroatoms. The summed E-state index contributed by atoms with van der Waals surface area (Å²) in [6.45, 7) is 9.17. The number of amides is 4. The zero-order valence-electron chi connectivity index (χ0n) is 32.5. The van der Waals surface area contributed by atoms with E-state index in [1.54, 1.807) is 34.6 Å². The molecule has 0 saturated heterocycles. The highest BCUT2D eigenvalue weighted by atomic mass is 31.2. The van der Waals surface area contributed by atoms with Crippen LogP contribution in [0.4, 0.5) is 4.39 Å². The number of imide groups is 1. The van der Waals surface area contributed by atoms with E-state index in [1.807, 2.05) is 0 Å². The first kappa shape index (κ1) is 47.4. The zero-order valence-corrected chi connectivity index (χ0v) is 33.4. The van der Waals surface area contributed by atoms with Gasteiger partial charge >= 0.3 is 13.6 Å². The molecule has 0 aromatic heterocycles. The normalized spacial score (nSPS) is 14.5. The molecule has 0 aliphatic carbocycles. The lowest BCUT2D eigenvalue weighted by Crippen LogP contribution is -2.50. The number of esters is 1. The topological polar surface area (TPSA) is 157 Å². The van der Waals surface area contributed by atoms with Gasteiger partial charge in [0.25, 0.3) is 11.8 Å². The minimum absolute atomic E-state index is 0.0739. The molecular formula is C38H67FN3O9P. The summed E-state index contributed by atoms with van der Waals surface area (Å²) in [6, 6.07) is -0.996. The fraction of sp³-hybridized carbons (Fsp3) is 0.816. The lowest BCUT2D eigenvalue weighted by molar-refractivity contribution is -0.158. The number of hydrogen-bond donors (Lipinski definition) is 2. The fourth-order valence-electron chi connectivity index (χ4n) is 5.78. The molecule has 0 saturated carbocycles. The molecule has 2 atom stereocenters. The molecule has 12 nitrogen and oxygen atoms in total. The summed E-state index contributed by atoms with van der Waals surface area (Å²) in [5, 5.41) is 5.46. The molecule has 1 aliphatic rings. The van der Waals surface area contributed by atoms with Gasteiger partial charge in [-0.05, 0) is 66.7 Å². The van der Waals surface area contributed by atoms with Gasteiger partial charge in [0.15, 0.2) is 0 Å². The largest absolute Gasteiger partial charge is 0.458 e. The minimum Gasteiger partial charge on any atom is -0.458 e. The first-order valence-electron chi connectivity index (χ1n) is 19.6. The Hall–Kier alpha value is -2.63. The Kier molecular flexibility index (Phi) is 24.6. The van der Waals surface area contributed by atoms with Crippen LogP contribution in [0.3, 0.4) is 0 Å². The van der Waals surface area contributed by atoms with Gasteiger partial charge < -0.3 is 24.4 Å². The molecule has 0 spiro atoms. The van der Waals surface area contributed by atoms with Gasteiger partial charge in [0.2, 0.25) is 17.7 Å². The maximum absolute atomic E-state index is 14.4. The highest BCUT2D eigenvalue weighted by molar-refractivity contribution is 7.54. The molecule has 0 fully saturated rings. The van der Waals surface area contributed by atoms with Gasteiger partial charge in [-0.15, -0.1) is 0 Å². The third-order valence-corrected chi connectivity index (χ3v) is 10.7. The van der Waals surface area contributed by atoms with Crippen molar-refractivity contribution in [3.8, 4) is 0 Å². The molecule has 0 aromatic rings. The molecule has 2 unspecified atom stereocenters. The van der Waals surface area contributed by atoms with E-state index in [0.29, 0.717) is 38.6 Å². The van der Waals surface area contributed by atoms with Crippen LogP contribution in [-0.2, 0) is 42.3 Å². The highest BCUT2D eigenvalue weighted by Crippen LogP contribution is 2.55. The van der Waals surface area contributed by atoms with Crippen LogP contribution in [0.5, 0.6) is 0 Å². The quantitative estimate of drug-likeness (QED) is 0.0311. The Morgan fingerprint density at radius 2 is 1.17 bits per heavy atom. The molecule has 1 aliphatic heterocycles. The van der Waals surface area contributed by atoms with E-state index in [1.165, 1.54) is 36.3 Å². The van der Waals surface area contributed by atoms with Crippen molar-refractivity contribution < 1.29 is 46.7 Å². The van der Waals surface area contributed by atoms with Crippen molar-refractivity contribution in [3.63, 3.8) is 0 Å². The summed E-state index contributed by atoms with van der Waals surface area (Å²) < 4.78 is 42.5. The van der Waals surface area contributed by atoms with E-state index in [-0.39, 0.29) is 62.6 Å². The first-order chi connectivity index (χ1) is 24.7. The standard InChI is InChI=1S/C38H67FN3O9P/c1-6-49-52(48,50-7-2)32(39)24-20-17-15-13-11-9-8-10-12-14-16-18-21-26-34(44)41-31(37(47)51-38(3,4)5)30-40-33(43)25-22-19-23-29-42-35(45)27-28-36(42)46/h27-28,31-32H,6-26,29-30H2,1-5H3,(H,40,43)(H,41,44). The van der Waals surface area contributed by atoms with Gasteiger partial charge in [-0.3, -0.25) is 28.6 Å². The Morgan fingerprint density at radius 3 is 1.65 bits per heavy atom. The summed E-state index contributed by atoms with van der Waals surface area (Å²) in [6.07, 6.45) is 18.4. The van der Waals surface area contributed by atoms with Gasteiger partial charge in [0, 0.05) is 38.1 Å². The molecule has 0 bridgehead atoms. The predicted molar refractivity (Wildman–Crippen MR) is 200 cm³/mol. The summed E-state index contributed by atoms with van der Waals surface area (Å²) >= 11 is 0. The molecule has 0 aromatic carbocycles. The van der Waals surface area contributed by atoms with Crippen molar-refractivity contribution in [2.75, 3.05) is 26.3 Å². The molecule has 52 heavy (non-hydrogen) atoms. The maximum atomic E-state index is 14.4. The van der Waals surface area contributed by atoms with Crippen LogP contribution in [-0.4, -0.2) is 78.4 Å². The second-order valence-electron chi connectivity index (χ2n) is 14.4. The molecule has 0 radical (unpaired) electrons. The molecule has 1 heterocycles. The monoisotopic (exact) mass is 759 g/mol. The number of alkyl halides is 1. The Morgan fingerprint density at radius 1 is 0.731 bits per heavy atom. The minimum atomic E-state index is -3.65. The number of hydrogen-bond acceptors (Lipinski definition) is 9. The van der Waals surface area contributed by atoms with E-state index in [9.17, 15) is 32.9 Å². The summed E-state index contributed by atoms with van der Waals surface area (Å²) in [7, 11) is -3.65. The highest BCUT2D eigenvalue weighted by Gasteiger charge is 2.35. The van der Waals surface area contributed by atoms with Crippen LogP contribution in [0.25, 0.3) is 0 Å². The number of ether oxygens (including phenoxy) is 1. The second-order valence-corrected chi connectivity index (χ2v) is 16.5. The number of unbranched alkanes of at least 4 members (excludes halogenated alkanes) is 14. The van der Waals surface area contributed by atoms with E-state index in [0.717, 1.165) is 51.4 Å². The Bertz CT molecular complexity index is 1130. The van der Waals surface area contributed by atoms with Crippen molar-refractivity contribution in [2.45, 2.75) is 174 Å². The van der Waals surface area contributed by atoms with Crippen molar-refractivity contribution in [3.05, 3.63) is 12.2 Å². The predicted octanol–water partition coefficient (Wildman–Crippen LogP) is 7.83. The number of nitrogens with one attached hydrogen (secondary N) is 2. The van der Waals surface area contributed by atoms with E-state index in [4.69, 9.17) is 13.8 Å². The summed E-state index contributed by atoms with van der Waals surface area (Å²) in [5.74, 6) is -3.31. The molecule has 1 rings (SSSR count). The van der Waals surface area contributed by atoms with Crippen LogP contribution >= 0.6 is 7.60 Å².